The van der Waals surface area contributed by atoms with E-state index in [4.69, 9.17) is 0 Å². The number of alkyl halides is 2. The maximum atomic E-state index is 13.6. The van der Waals surface area contributed by atoms with Crippen molar-refractivity contribution in [2.75, 3.05) is 11.4 Å². The van der Waals surface area contributed by atoms with Crippen LogP contribution in [0.2, 0.25) is 0 Å². The summed E-state index contributed by atoms with van der Waals surface area (Å²) < 4.78 is 28.4. The van der Waals surface area contributed by atoms with Gasteiger partial charge in [0, 0.05) is 33.5 Å². The molecule has 0 amide bonds. The molecule has 0 saturated heterocycles. The third-order valence-electron chi connectivity index (χ3n) is 6.66. The lowest BCUT2D eigenvalue weighted by atomic mass is 9.88. The van der Waals surface area contributed by atoms with Gasteiger partial charge in [0.1, 0.15) is 0 Å². The Morgan fingerprint density at radius 1 is 1.13 bits per heavy atom. The van der Waals surface area contributed by atoms with Crippen LogP contribution in [0.25, 0.3) is 11.8 Å². The van der Waals surface area contributed by atoms with Crippen molar-refractivity contribution in [2.24, 2.45) is 0 Å². The van der Waals surface area contributed by atoms with Crippen LogP contribution in [0.4, 0.5) is 14.5 Å². The topological polar surface area (TPSA) is 3.24 Å². The van der Waals surface area contributed by atoms with Crippen molar-refractivity contribution in [1.82, 2.24) is 0 Å². The van der Waals surface area contributed by atoms with Crippen LogP contribution in [0, 0.1) is 0 Å². The van der Waals surface area contributed by atoms with Gasteiger partial charge in [0.25, 0.3) is 0 Å². The van der Waals surface area contributed by atoms with Crippen LogP contribution in [0.15, 0.2) is 52.5 Å². The lowest BCUT2D eigenvalue weighted by Gasteiger charge is -2.35. The first kappa shape index (κ1) is 20.0. The molecule has 2 aromatic carbocycles. The van der Waals surface area contributed by atoms with Gasteiger partial charge in [0.2, 0.25) is 6.43 Å². The number of rotatable bonds is 5. The minimum Gasteiger partial charge on any atom is -0.340 e. The minimum atomic E-state index is -2.28. The van der Waals surface area contributed by atoms with Gasteiger partial charge < -0.3 is 4.90 Å². The summed E-state index contributed by atoms with van der Waals surface area (Å²) in [5, 5.41) is 0. The highest BCUT2D eigenvalue weighted by Crippen LogP contribution is 2.53. The predicted molar refractivity (Wildman–Crippen MR) is 124 cm³/mol. The molecular formula is C26H26BrF2N. The molecule has 2 saturated carbocycles. The summed E-state index contributed by atoms with van der Waals surface area (Å²) in [6.45, 7) is 3.01. The van der Waals surface area contributed by atoms with Crippen molar-refractivity contribution in [3.8, 4) is 0 Å². The van der Waals surface area contributed by atoms with E-state index in [0.29, 0.717) is 12.8 Å². The van der Waals surface area contributed by atoms with Gasteiger partial charge >= 0.3 is 0 Å². The monoisotopic (exact) mass is 469 g/mol. The van der Waals surface area contributed by atoms with E-state index in [1.807, 2.05) is 6.07 Å². The van der Waals surface area contributed by atoms with Crippen molar-refractivity contribution < 1.29 is 8.78 Å². The Kier molecular flexibility index (Phi) is 5.09. The molecule has 0 radical (unpaired) electrons. The molecule has 1 nitrogen and oxygen atoms in total. The van der Waals surface area contributed by atoms with Gasteiger partial charge in [-0.3, -0.25) is 0 Å². The SMILES string of the molecule is CC/C=C1/c2ccc(C3(C(F)F)CC3)cc2CCN1c1cccc(Br)c1C=C1CC1. The second-order valence-electron chi connectivity index (χ2n) is 8.70. The Hall–Kier alpha value is -1.94. The van der Waals surface area contributed by atoms with Crippen molar-refractivity contribution >= 4 is 33.4 Å². The molecule has 2 aromatic rings. The summed E-state index contributed by atoms with van der Waals surface area (Å²) in [6.07, 6.45) is 7.69. The van der Waals surface area contributed by atoms with Crippen LogP contribution in [0.3, 0.4) is 0 Å². The largest absolute Gasteiger partial charge is 0.340 e. The average molecular weight is 470 g/mol. The van der Waals surface area contributed by atoms with Crippen LogP contribution in [-0.2, 0) is 11.8 Å². The zero-order valence-corrected chi connectivity index (χ0v) is 18.8. The van der Waals surface area contributed by atoms with Gasteiger partial charge in [-0.1, -0.05) is 64.8 Å². The molecule has 0 spiro atoms. The highest BCUT2D eigenvalue weighted by molar-refractivity contribution is 9.10. The fourth-order valence-electron chi connectivity index (χ4n) is 4.61. The molecule has 2 fully saturated rings. The van der Waals surface area contributed by atoms with E-state index in [2.05, 4.69) is 70.2 Å². The van der Waals surface area contributed by atoms with Crippen molar-refractivity contribution in [3.63, 3.8) is 0 Å². The van der Waals surface area contributed by atoms with E-state index in [9.17, 15) is 8.78 Å². The molecule has 30 heavy (non-hydrogen) atoms. The zero-order chi connectivity index (χ0) is 20.9. The van der Waals surface area contributed by atoms with Gasteiger partial charge in [0.05, 0.1) is 5.41 Å². The summed E-state index contributed by atoms with van der Waals surface area (Å²) in [7, 11) is 0. The molecule has 4 heteroatoms. The van der Waals surface area contributed by atoms with Crippen LogP contribution in [-0.4, -0.2) is 13.0 Å². The highest BCUT2D eigenvalue weighted by Gasteiger charge is 2.52. The molecule has 0 atom stereocenters. The molecule has 0 unspecified atom stereocenters. The van der Waals surface area contributed by atoms with Crippen LogP contribution in [0.1, 0.15) is 61.3 Å². The van der Waals surface area contributed by atoms with E-state index >= 15 is 0 Å². The summed E-state index contributed by atoms with van der Waals surface area (Å²) in [5.74, 6) is 0. The molecule has 5 rings (SSSR count). The number of hydrogen-bond donors (Lipinski definition) is 0. The van der Waals surface area contributed by atoms with Gasteiger partial charge in [-0.15, -0.1) is 0 Å². The first-order valence-electron chi connectivity index (χ1n) is 10.9. The van der Waals surface area contributed by atoms with E-state index in [1.54, 1.807) is 0 Å². The summed E-state index contributed by atoms with van der Waals surface area (Å²) in [5.41, 5.74) is 7.45. The van der Waals surface area contributed by atoms with E-state index < -0.39 is 11.8 Å². The number of benzene rings is 2. The third-order valence-corrected chi connectivity index (χ3v) is 7.35. The van der Waals surface area contributed by atoms with Crippen molar-refractivity contribution in [1.29, 1.82) is 0 Å². The fourth-order valence-corrected chi connectivity index (χ4v) is 5.08. The van der Waals surface area contributed by atoms with Crippen LogP contribution >= 0.6 is 15.9 Å². The molecule has 0 N–H and O–H groups in total. The Labute approximate surface area is 185 Å². The number of allylic oxidation sites excluding steroid dienone is 2. The van der Waals surface area contributed by atoms with Crippen molar-refractivity contribution in [2.45, 2.75) is 57.3 Å². The Morgan fingerprint density at radius 3 is 2.60 bits per heavy atom. The number of fused-ring (bicyclic) bond motifs is 1. The second kappa shape index (κ2) is 7.64. The normalized spacial score (nSPS) is 20.5. The molecule has 2 aliphatic carbocycles. The molecule has 1 aliphatic heterocycles. The van der Waals surface area contributed by atoms with Gasteiger partial charge in [-0.25, -0.2) is 8.78 Å². The average Bonchev–Trinajstić information content (AvgIpc) is 3.64. The second-order valence-corrected chi connectivity index (χ2v) is 9.56. The molecule has 0 bridgehead atoms. The Morgan fingerprint density at radius 2 is 1.93 bits per heavy atom. The number of anilines is 1. The van der Waals surface area contributed by atoms with Crippen LogP contribution < -0.4 is 4.90 Å². The summed E-state index contributed by atoms with van der Waals surface area (Å²) >= 11 is 3.75. The number of hydrogen-bond acceptors (Lipinski definition) is 1. The maximum absolute atomic E-state index is 13.6. The van der Waals surface area contributed by atoms with Crippen molar-refractivity contribution in [3.05, 3.63) is 74.8 Å². The minimum absolute atomic E-state index is 0.601. The smallest absolute Gasteiger partial charge is 0.248 e. The van der Waals surface area contributed by atoms with Gasteiger partial charge in [-0.2, -0.15) is 0 Å². The van der Waals surface area contributed by atoms with E-state index in [-0.39, 0.29) is 0 Å². The molecular weight excluding hydrogens is 444 g/mol. The molecule has 156 valence electrons. The fraction of sp³-hybridized carbons (Fsp3) is 0.385. The number of nitrogens with zero attached hydrogens (tertiary/aromatic N) is 1. The first-order valence-corrected chi connectivity index (χ1v) is 11.7. The predicted octanol–water partition coefficient (Wildman–Crippen LogP) is 7.74. The van der Waals surface area contributed by atoms with Gasteiger partial charge in [0.15, 0.2) is 0 Å². The first-order chi connectivity index (χ1) is 14.5. The Bertz CT molecular complexity index is 1040. The molecule has 3 aliphatic rings. The molecule has 1 heterocycles. The molecule has 0 aromatic heterocycles. The summed E-state index contributed by atoms with van der Waals surface area (Å²) in [6, 6.07) is 12.5. The third kappa shape index (κ3) is 3.43. The van der Waals surface area contributed by atoms with E-state index in [1.165, 1.54) is 46.5 Å². The van der Waals surface area contributed by atoms with Gasteiger partial charge in [-0.05, 0) is 61.8 Å². The van der Waals surface area contributed by atoms with Crippen LogP contribution in [0.5, 0.6) is 0 Å². The standard InChI is InChI=1S/C26H26BrF2N/c1-2-4-23-20-10-9-19(26(12-13-26)25(28)29)16-18(20)11-14-30(23)24-6-3-5-22(27)21(24)15-17-7-8-17/h3-6,9-10,15-16,25H,2,7-8,11-14H2,1H3/b23-4-. The highest BCUT2D eigenvalue weighted by atomic mass is 79.9. The van der Waals surface area contributed by atoms with E-state index in [0.717, 1.165) is 29.4 Å². The summed E-state index contributed by atoms with van der Waals surface area (Å²) in [4.78, 5) is 2.41. The maximum Gasteiger partial charge on any atom is 0.248 e. The Balaban J connectivity index is 1.56. The lowest BCUT2D eigenvalue weighted by molar-refractivity contribution is 0.102. The number of halogens is 3. The quantitative estimate of drug-likeness (QED) is 0.432. The lowest BCUT2D eigenvalue weighted by Crippen LogP contribution is -2.30. The zero-order valence-electron chi connectivity index (χ0n) is 17.2.